The van der Waals surface area contributed by atoms with E-state index in [1.54, 1.807) is 20.3 Å². The zero-order chi connectivity index (χ0) is 21.6. The van der Waals surface area contributed by atoms with Gasteiger partial charge in [0, 0.05) is 6.07 Å². The molecule has 0 atom stereocenters. The number of nitriles is 1. The van der Waals surface area contributed by atoms with Crippen LogP contribution in [0.15, 0.2) is 66.7 Å². The Labute approximate surface area is 180 Å². The number of nitrogens with one attached hydrogen (secondary N) is 1. The maximum absolute atomic E-state index is 9.73. The SMILES string of the molecule is COc1ccc2nc(/C(C#N)=C\c3ccc(OC)c(OCc4ccccc4)c3)[nH]c2c1. The van der Waals surface area contributed by atoms with Crippen molar-refractivity contribution in [2.24, 2.45) is 0 Å². The molecule has 1 heterocycles. The second kappa shape index (κ2) is 9.06. The normalized spacial score (nSPS) is 11.2. The Hall–Kier alpha value is -4.24. The highest BCUT2D eigenvalue weighted by Crippen LogP contribution is 2.31. The molecule has 0 aliphatic carbocycles. The van der Waals surface area contributed by atoms with E-state index in [0.717, 1.165) is 27.9 Å². The predicted molar refractivity (Wildman–Crippen MR) is 120 cm³/mol. The zero-order valence-corrected chi connectivity index (χ0v) is 17.3. The number of ether oxygens (including phenoxy) is 3. The topological polar surface area (TPSA) is 80.2 Å². The number of methoxy groups -OCH3 is 2. The van der Waals surface area contributed by atoms with Crippen LogP contribution in [0.1, 0.15) is 17.0 Å². The summed E-state index contributed by atoms with van der Waals surface area (Å²) in [5.74, 6) is 2.45. The molecule has 4 rings (SSSR count). The van der Waals surface area contributed by atoms with Gasteiger partial charge in [-0.15, -0.1) is 0 Å². The Morgan fingerprint density at radius 2 is 1.84 bits per heavy atom. The summed E-state index contributed by atoms with van der Waals surface area (Å²) in [6, 6.07) is 23.2. The van der Waals surface area contributed by atoms with Crippen LogP contribution in [0.4, 0.5) is 0 Å². The summed E-state index contributed by atoms with van der Waals surface area (Å²) in [4.78, 5) is 7.72. The summed E-state index contributed by atoms with van der Waals surface area (Å²) in [6.45, 7) is 0.418. The first-order valence-electron chi connectivity index (χ1n) is 9.71. The highest BCUT2D eigenvalue weighted by molar-refractivity contribution is 5.90. The highest BCUT2D eigenvalue weighted by Gasteiger charge is 2.11. The molecule has 1 N–H and O–H groups in total. The average molecular weight is 411 g/mol. The van der Waals surface area contributed by atoms with Crippen molar-refractivity contribution in [2.45, 2.75) is 6.61 Å². The Morgan fingerprint density at radius 3 is 2.58 bits per heavy atom. The van der Waals surface area contributed by atoms with Crippen molar-refractivity contribution in [1.82, 2.24) is 9.97 Å². The summed E-state index contributed by atoms with van der Waals surface area (Å²) in [7, 11) is 3.21. The minimum atomic E-state index is 0.411. The van der Waals surface area contributed by atoms with E-state index < -0.39 is 0 Å². The maximum Gasteiger partial charge on any atom is 0.162 e. The molecule has 0 bridgehead atoms. The molecule has 0 amide bonds. The number of imidazole rings is 1. The van der Waals surface area contributed by atoms with Crippen LogP contribution in [0.5, 0.6) is 17.2 Å². The minimum absolute atomic E-state index is 0.411. The molecule has 0 aliphatic rings. The Bertz CT molecular complexity index is 1270. The number of benzene rings is 3. The van der Waals surface area contributed by atoms with E-state index in [0.29, 0.717) is 29.5 Å². The first-order valence-corrected chi connectivity index (χ1v) is 9.71. The second-order valence-electron chi connectivity index (χ2n) is 6.82. The molecule has 1 aromatic heterocycles. The molecule has 0 radical (unpaired) electrons. The number of nitrogens with zero attached hydrogens (tertiary/aromatic N) is 2. The van der Waals surface area contributed by atoms with Gasteiger partial charge in [0.1, 0.15) is 24.3 Å². The number of fused-ring (bicyclic) bond motifs is 1. The fraction of sp³-hybridized carbons (Fsp3) is 0.120. The highest BCUT2D eigenvalue weighted by atomic mass is 16.5. The molecular weight excluding hydrogens is 390 g/mol. The number of rotatable bonds is 7. The van der Waals surface area contributed by atoms with Crippen molar-refractivity contribution in [3.63, 3.8) is 0 Å². The first-order chi connectivity index (χ1) is 15.2. The Morgan fingerprint density at radius 1 is 1.00 bits per heavy atom. The Kier molecular flexibility index (Phi) is 5.86. The van der Waals surface area contributed by atoms with Crippen LogP contribution in [0.2, 0.25) is 0 Å². The van der Waals surface area contributed by atoms with E-state index in [-0.39, 0.29) is 0 Å². The number of H-pyrrole nitrogens is 1. The Balaban J connectivity index is 1.63. The third kappa shape index (κ3) is 4.51. The zero-order valence-electron chi connectivity index (χ0n) is 17.3. The van der Waals surface area contributed by atoms with Crippen molar-refractivity contribution >= 4 is 22.7 Å². The molecule has 31 heavy (non-hydrogen) atoms. The summed E-state index contributed by atoms with van der Waals surface area (Å²) in [5, 5.41) is 9.73. The molecular formula is C25H21N3O3. The van der Waals surface area contributed by atoms with Gasteiger partial charge < -0.3 is 19.2 Å². The molecule has 0 aliphatic heterocycles. The van der Waals surface area contributed by atoms with E-state index in [1.165, 1.54) is 0 Å². The summed E-state index contributed by atoms with van der Waals surface area (Å²) in [5.41, 5.74) is 3.84. The molecule has 4 aromatic rings. The second-order valence-corrected chi connectivity index (χ2v) is 6.82. The minimum Gasteiger partial charge on any atom is -0.497 e. The number of hydrogen-bond donors (Lipinski definition) is 1. The van der Waals surface area contributed by atoms with Gasteiger partial charge in [-0.2, -0.15) is 5.26 Å². The monoisotopic (exact) mass is 411 g/mol. The molecule has 6 heteroatoms. The van der Waals surface area contributed by atoms with E-state index in [9.17, 15) is 5.26 Å². The van der Waals surface area contributed by atoms with E-state index in [4.69, 9.17) is 14.2 Å². The third-order valence-electron chi connectivity index (χ3n) is 4.80. The smallest absolute Gasteiger partial charge is 0.162 e. The van der Waals surface area contributed by atoms with Gasteiger partial charge >= 0.3 is 0 Å². The fourth-order valence-electron chi connectivity index (χ4n) is 3.19. The predicted octanol–water partition coefficient (Wildman–Crippen LogP) is 5.22. The van der Waals surface area contributed by atoms with Crippen molar-refractivity contribution in [3.8, 4) is 23.3 Å². The van der Waals surface area contributed by atoms with E-state index in [2.05, 4.69) is 16.0 Å². The molecule has 0 unspecified atom stereocenters. The van der Waals surface area contributed by atoms with Gasteiger partial charge in [0.25, 0.3) is 0 Å². The van der Waals surface area contributed by atoms with Gasteiger partial charge in [0.15, 0.2) is 11.5 Å². The molecule has 0 saturated heterocycles. The molecule has 154 valence electrons. The van der Waals surface area contributed by atoms with Gasteiger partial charge in [-0.05, 0) is 41.5 Å². The molecule has 0 fully saturated rings. The summed E-state index contributed by atoms with van der Waals surface area (Å²) in [6.07, 6.45) is 1.77. The van der Waals surface area contributed by atoms with Gasteiger partial charge in [-0.25, -0.2) is 4.98 Å². The number of hydrogen-bond acceptors (Lipinski definition) is 5. The number of aromatic nitrogens is 2. The first kappa shape index (κ1) is 20.0. The van der Waals surface area contributed by atoms with Gasteiger partial charge in [0.2, 0.25) is 0 Å². The van der Waals surface area contributed by atoms with Crippen LogP contribution in [-0.2, 0) is 6.61 Å². The van der Waals surface area contributed by atoms with Crippen molar-refractivity contribution < 1.29 is 14.2 Å². The lowest BCUT2D eigenvalue weighted by atomic mass is 10.1. The number of aromatic amines is 1. The standard InChI is InChI=1S/C25H21N3O3/c1-29-20-9-10-21-22(14-20)28-25(27-21)19(15-26)12-18-8-11-23(30-2)24(13-18)31-16-17-6-4-3-5-7-17/h3-14H,16H2,1-2H3,(H,27,28)/b19-12-. The quantitative estimate of drug-likeness (QED) is 0.422. The summed E-state index contributed by atoms with van der Waals surface area (Å²) < 4.78 is 16.7. The lowest BCUT2D eigenvalue weighted by molar-refractivity contribution is 0.284. The van der Waals surface area contributed by atoms with Gasteiger partial charge in [0.05, 0.1) is 30.8 Å². The van der Waals surface area contributed by atoms with Crippen LogP contribution in [0, 0.1) is 11.3 Å². The lowest BCUT2D eigenvalue weighted by Gasteiger charge is -2.11. The fourth-order valence-corrected chi connectivity index (χ4v) is 3.19. The number of allylic oxidation sites excluding steroid dienone is 1. The van der Waals surface area contributed by atoms with Gasteiger partial charge in [-0.1, -0.05) is 36.4 Å². The van der Waals surface area contributed by atoms with Crippen LogP contribution in [0.3, 0.4) is 0 Å². The van der Waals surface area contributed by atoms with Crippen LogP contribution in [0.25, 0.3) is 22.7 Å². The van der Waals surface area contributed by atoms with Gasteiger partial charge in [-0.3, -0.25) is 0 Å². The molecule has 0 spiro atoms. The third-order valence-corrected chi connectivity index (χ3v) is 4.80. The van der Waals surface area contributed by atoms with Crippen LogP contribution in [-0.4, -0.2) is 24.2 Å². The van der Waals surface area contributed by atoms with Crippen LogP contribution >= 0.6 is 0 Å². The van der Waals surface area contributed by atoms with Crippen LogP contribution < -0.4 is 14.2 Å². The molecule has 0 saturated carbocycles. The average Bonchev–Trinajstić information content (AvgIpc) is 3.25. The molecule has 3 aromatic carbocycles. The largest absolute Gasteiger partial charge is 0.497 e. The van der Waals surface area contributed by atoms with Crippen molar-refractivity contribution in [2.75, 3.05) is 14.2 Å². The maximum atomic E-state index is 9.73. The van der Waals surface area contributed by atoms with E-state index in [1.807, 2.05) is 66.7 Å². The molecule has 6 nitrogen and oxygen atoms in total. The van der Waals surface area contributed by atoms with E-state index >= 15 is 0 Å². The summed E-state index contributed by atoms with van der Waals surface area (Å²) >= 11 is 0. The lowest BCUT2D eigenvalue weighted by Crippen LogP contribution is -1.98. The van der Waals surface area contributed by atoms with Crippen molar-refractivity contribution in [1.29, 1.82) is 5.26 Å². The van der Waals surface area contributed by atoms with Crippen molar-refractivity contribution in [3.05, 3.63) is 83.7 Å².